The van der Waals surface area contributed by atoms with Gasteiger partial charge in [0.15, 0.2) is 0 Å². The minimum Gasteiger partial charge on any atom is -0.508 e. The zero-order chi connectivity index (χ0) is 20.9. The summed E-state index contributed by atoms with van der Waals surface area (Å²) in [5.41, 5.74) is 0.660. The smallest absolute Gasteiger partial charge is 0.236 e. The van der Waals surface area contributed by atoms with E-state index in [0.717, 1.165) is 31.9 Å². The zero-order valence-corrected chi connectivity index (χ0v) is 16.8. The van der Waals surface area contributed by atoms with E-state index >= 15 is 0 Å². The van der Waals surface area contributed by atoms with Crippen LogP contribution in [0.4, 0.5) is 11.5 Å². The number of nitrogens with one attached hydrogen (secondary N) is 1. The lowest BCUT2D eigenvalue weighted by Crippen LogP contribution is -2.51. The Balaban J connectivity index is 1.22. The van der Waals surface area contributed by atoms with Crippen molar-refractivity contribution in [1.82, 2.24) is 19.8 Å². The second kappa shape index (κ2) is 9.08. The molecule has 0 spiro atoms. The third-order valence-electron chi connectivity index (χ3n) is 5.64. The predicted octanol–water partition coefficient (Wildman–Crippen LogP) is 0.791. The summed E-state index contributed by atoms with van der Waals surface area (Å²) >= 11 is 0. The normalized spacial score (nSPS) is 19.7. The number of piperazine rings is 1. The molecule has 0 radical (unpaired) electrons. The maximum absolute atomic E-state index is 12.7. The lowest BCUT2D eigenvalue weighted by molar-refractivity contribution is -0.132. The maximum Gasteiger partial charge on any atom is 0.236 e. The number of hydrogen-bond acceptors (Lipinski definition) is 7. The molecule has 2 amide bonds. The van der Waals surface area contributed by atoms with E-state index in [0.29, 0.717) is 31.9 Å². The number of carbonyl (C=O) groups is 2. The second-order valence-corrected chi connectivity index (χ2v) is 7.69. The van der Waals surface area contributed by atoms with Crippen LogP contribution in [0.25, 0.3) is 0 Å². The summed E-state index contributed by atoms with van der Waals surface area (Å²) in [6.45, 7) is 4.45. The molecule has 0 aliphatic carbocycles. The highest BCUT2D eigenvalue weighted by Crippen LogP contribution is 2.20. The number of rotatable bonds is 5. The van der Waals surface area contributed by atoms with Crippen molar-refractivity contribution >= 4 is 23.3 Å². The van der Waals surface area contributed by atoms with Crippen LogP contribution >= 0.6 is 0 Å². The number of hydrogen-bond donors (Lipinski definition) is 2. The Hall–Kier alpha value is -3.20. The molecular formula is C21H26N6O3. The van der Waals surface area contributed by atoms with Crippen LogP contribution < -0.4 is 10.2 Å². The molecule has 2 aliphatic rings. The standard InChI is InChI=1S/C21H26N6O3/c28-18-3-1-17(2-4-18)24-21(30)16-5-8-25(14-16)15-20(29)27-11-9-26(10-12-27)19-13-22-6-7-23-19/h1-4,6-7,13,16,28H,5,8-12,14-15H2,(H,24,30)/t16-/m1/s1. The molecule has 1 aromatic heterocycles. The SMILES string of the molecule is O=C(Nc1ccc(O)cc1)[C@@H]1CCN(CC(=O)N2CCN(c3cnccn3)CC2)C1. The molecule has 158 valence electrons. The summed E-state index contributed by atoms with van der Waals surface area (Å²) in [4.78, 5) is 39.7. The minimum absolute atomic E-state index is 0.0479. The molecule has 0 unspecified atom stereocenters. The van der Waals surface area contributed by atoms with Gasteiger partial charge in [0.05, 0.1) is 18.7 Å². The quantitative estimate of drug-likeness (QED) is 0.703. The lowest BCUT2D eigenvalue weighted by atomic mass is 10.1. The molecule has 0 bridgehead atoms. The second-order valence-electron chi connectivity index (χ2n) is 7.69. The Labute approximate surface area is 175 Å². The topological polar surface area (TPSA) is 102 Å². The van der Waals surface area contributed by atoms with Crippen molar-refractivity contribution in [2.75, 3.05) is 56.0 Å². The molecule has 2 N–H and O–H groups in total. The van der Waals surface area contributed by atoms with Gasteiger partial charge in [-0.15, -0.1) is 0 Å². The molecule has 9 nitrogen and oxygen atoms in total. The lowest BCUT2D eigenvalue weighted by Gasteiger charge is -2.35. The van der Waals surface area contributed by atoms with E-state index in [4.69, 9.17) is 0 Å². The number of phenols is 1. The number of likely N-dealkylation sites (tertiary alicyclic amines) is 1. The number of carbonyl (C=O) groups excluding carboxylic acids is 2. The van der Waals surface area contributed by atoms with Gasteiger partial charge in [0.1, 0.15) is 11.6 Å². The highest BCUT2D eigenvalue weighted by Gasteiger charge is 2.31. The van der Waals surface area contributed by atoms with Crippen LogP contribution in [0.15, 0.2) is 42.9 Å². The maximum atomic E-state index is 12.7. The number of aromatic nitrogens is 2. The monoisotopic (exact) mass is 410 g/mol. The van der Waals surface area contributed by atoms with Gasteiger partial charge in [-0.2, -0.15) is 0 Å². The Kier molecular flexibility index (Phi) is 6.08. The van der Waals surface area contributed by atoms with Crippen molar-refractivity contribution < 1.29 is 14.7 Å². The molecule has 2 aromatic rings. The Morgan fingerprint density at radius 2 is 1.83 bits per heavy atom. The molecule has 0 saturated carbocycles. The van der Waals surface area contributed by atoms with Crippen molar-refractivity contribution in [3.63, 3.8) is 0 Å². The van der Waals surface area contributed by atoms with Crippen LogP contribution in [0.3, 0.4) is 0 Å². The van der Waals surface area contributed by atoms with Crippen LogP contribution in [-0.4, -0.2) is 82.5 Å². The van der Waals surface area contributed by atoms with Gasteiger partial charge in [0.2, 0.25) is 11.8 Å². The van der Waals surface area contributed by atoms with Gasteiger partial charge in [-0.05, 0) is 37.2 Å². The first kappa shape index (κ1) is 20.1. The van der Waals surface area contributed by atoms with E-state index < -0.39 is 0 Å². The molecule has 1 aromatic carbocycles. The molecule has 3 heterocycles. The summed E-state index contributed by atoms with van der Waals surface area (Å²) in [7, 11) is 0. The Morgan fingerprint density at radius 1 is 1.07 bits per heavy atom. The first-order valence-electron chi connectivity index (χ1n) is 10.2. The van der Waals surface area contributed by atoms with E-state index in [1.165, 1.54) is 0 Å². The van der Waals surface area contributed by atoms with Gasteiger partial charge in [-0.25, -0.2) is 4.98 Å². The molecule has 1 atom stereocenters. The average molecular weight is 410 g/mol. The van der Waals surface area contributed by atoms with Crippen molar-refractivity contribution in [2.45, 2.75) is 6.42 Å². The number of nitrogens with zero attached hydrogens (tertiary/aromatic N) is 5. The van der Waals surface area contributed by atoms with Crippen molar-refractivity contribution in [2.24, 2.45) is 5.92 Å². The van der Waals surface area contributed by atoms with Gasteiger partial charge in [0, 0.05) is 50.8 Å². The number of aromatic hydroxyl groups is 1. The molecule has 2 saturated heterocycles. The number of anilines is 2. The van der Waals surface area contributed by atoms with Crippen LogP contribution in [-0.2, 0) is 9.59 Å². The largest absolute Gasteiger partial charge is 0.508 e. The van der Waals surface area contributed by atoms with Crippen LogP contribution in [0.1, 0.15) is 6.42 Å². The van der Waals surface area contributed by atoms with Crippen LogP contribution in [0.5, 0.6) is 5.75 Å². The number of phenolic OH excluding ortho intramolecular Hbond substituents is 1. The summed E-state index contributed by atoms with van der Waals surface area (Å²) in [6, 6.07) is 6.42. The Bertz CT molecular complexity index is 868. The molecule has 4 rings (SSSR count). The van der Waals surface area contributed by atoms with E-state index in [9.17, 15) is 14.7 Å². The molecule has 2 aliphatic heterocycles. The fourth-order valence-electron chi connectivity index (χ4n) is 3.91. The van der Waals surface area contributed by atoms with E-state index in [2.05, 4.69) is 25.1 Å². The van der Waals surface area contributed by atoms with E-state index in [1.807, 2.05) is 4.90 Å². The number of benzene rings is 1. The molecule has 2 fully saturated rings. The average Bonchev–Trinajstić information content (AvgIpc) is 3.25. The number of amides is 2. The highest BCUT2D eigenvalue weighted by atomic mass is 16.3. The van der Waals surface area contributed by atoms with Gasteiger partial charge in [-0.3, -0.25) is 19.5 Å². The Morgan fingerprint density at radius 3 is 2.53 bits per heavy atom. The van der Waals surface area contributed by atoms with Crippen LogP contribution in [0, 0.1) is 5.92 Å². The highest BCUT2D eigenvalue weighted by molar-refractivity contribution is 5.93. The first-order chi connectivity index (χ1) is 14.6. The zero-order valence-electron chi connectivity index (χ0n) is 16.8. The minimum atomic E-state index is -0.139. The van der Waals surface area contributed by atoms with E-state index in [1.54, 1.807) is 42.9 Å². The summed E-state index contributed by atoms with van der Waals surface area (Å²) < 4.78 is 0. The predicted molar refractivity (Wildman–Crippen MR) is 112 cm³/mol. The van der Waals surface area contributed by atoms with Gasteiger partial charge in [-0.1, -0.05) is 0 Å². The fraction of sp³-hybridized carbons (Fsp3) is 0.429. The van der Waals surface area contributed by atoms with Crippen LogP contribution in [0.2, 0.25) is 0 Å². The third kappa shape index (κ3) is 4.85. The summed E-state index contributed by atoms with van der Waals surface area (Å²) in [5, 5.41) is 12.2. The van der Waals surface area contributed by atoms with E-state index in [-0.39, 0.29) is 23.5 Å². The van der Waals surface area contributed by atoms with Crippen molar-refractivity contribution in [3.05, 3.63) is 42.9 Å². The summed E-state index contributed by atoms with van der Waals surface area (Å²) in [5.74, 6) is 0.921. The molecular weight excluding hydrogens is 384 g/mol. The molecule has 30 heavy (non-hydrogen) atoms. The van der Waals surface area contributed by atoms with Crippen molar-refractivity contribution in [3.8, 4) is 5.75 Å². The summed E-state index contributed by atoms with van der Waals surface area (Å²) in [6.07, 6.45) is 5.80. The fourth-order valence-corrected chi connectivity index (χ4v) is 3.91. The van der Waals surface area contributed by atoms with Gasteiger partial charge in [0.25, 0.3) is 0 Å². The van der Waals surface area contributed by atoms with Gasteiger partial charge >= 0.3 is 0 Å². The first-order valence-corrected chi connectivity index (χ1v) is 10.2. The van der Waals surface area contributed by atoms with Crippen molar-refractivity contribution in [1.29, 1.82) is 0 Å². The third-order valence-corrected chi connectivity index (χ3v) is 5.64. The van der Waals surface area contributed by atoms with Gasteiger partial charge < -0.3 is 20.2 Å². The molecule has 9 heteroatoms.